The summed E-state index contributed by atoms with van der Waals surface area (Å²) < 4.78 is 54.6. The molecule has 0 saturated heterocycles. The topological polar surface area (TPSA) is 79.8 Å². The Labute approximate surface area is 172 Å². The first-order chi connectivity index (χ1) is 14.4. The summed E-state index contributed by atoms with van der Waals surface area (Å²) in [6.45, 7) is -1.53. The Hall–Kier alpha value is -3.04. The highest BCUT2D eigenvalue weighted by atomic mass is 32.2. The molecule has 0 aliphatic heterocycles. The Morgan fingerprint density at radius 2 is 1.80 bits per heavy atom. The van der Waals surface area contributed by atoms with Gasteiger partial charge in [-0.2, -0.15) is 13.9 Å². The van der Waals surface area contributed by atoms with Gasteiger partial charge < -0.3 is 4.98 Å². The Balaban J connectivity index is 1.68. The third kappa shape index (κ3) is 3.73. The van der Waals surface area contributed by atoms with Gasteiger partial charge in [0.1, 0.15) is 4.90 Å². The lowest BCUT2D eigenvalue weighted by atomic mass is 9.91. The highest BCUT2D eigenvalue weighted by molar-refractivity contribution is 7.89. The molecule has 0 bridgehead atoms. The van der Waals surface area contributed by atoms with Crippen LogP contribution in [-0.4, -0.2) is 29.7 Å². The van der Waals surface area contributed by atoms with Gasteiger partial charge in [0.15, 0.2) is 0 Å². The van der Waals surface area contributed by atoms with Crippen LogP contribution in [0.25, 0.3) is 10.9 Å². The normalized spacial score (nSPS) is 13.2. The minimum Gasteiger partial charge on any atom is -0.361 e. The summed E-state index contributed by atoms with van der Waals surface area (Å²) in [5.41, 5.74) is 2.72. The van der Waals surface area contributed by atoms with Crippen molar-refractivity contribution in [1.82, 2.24) is 19.5 Å². The summed E-state index contributed by atoms with van der Waals surface area (Å²) in [4.78, 5) is 2.96. The van der Waals surface area contributed by atoms with Crippen LogP contribution >= 0.6 is 0 Å². The van der Waals surface area contributed by atoms with Gasteiger partial charge >= 0.3 is 6.55 Å². The van der Waals surface area contributed by atoms with Crippen LogP contribution in [0.2, 0.25) is 0 Å². The quantitative estimate of drug-likeness (QED) is 0.462. The number of nitrogens with zero attached hydrogens (tertiary/aromatic N) is 2. The van der Waals surface area contributed by atoms with E-state index >= 15 is 0 Å². The fourth-order valence-corrected chi connectivity index (χ4v) is 4.82. The molecule has 2 N–H and O–H groups in total. The van der Waals surface area contributed by atoms with Gasteiger partial charge in [-0.1, -0.05) is 48.5 Å². The fraction of sp³-hybridized carbons (Fsp3) is 0.190. The molecule has 0 spiro atoms. The van der Waals surface area contributed by atoms with Crippen LogP contribution in [0.3, 0.4) is 0 Å². The number of benzene rings is 2. The molecule has 0 aliphatic carbocycles. The third-order valence-corrected chi connectivity index (χ3v) is 6.68. The van der Waals surface area contributed by atoms with Gasteiger partial charge in [-0.3, -0.25) is 0 Å². The minimum absolute atomic E-state index is 0.0630. The highest BCUT2D eigenvalue weighted by Crippen LogP contribution is 2.31. The van der Waals surface area contributed by atoms with Crippen molar-refractivity contribution in [2.75, 3.05) is 6.54 Å². The number of hydrogen-bond acceptors (Lipinski definition) is 3. The number of aromatic amines is 1. The van der Waals surface area contributed by atoms with Crippen LogP contribution < -0.4 is 4.72 Å². The van der Waals surface area contributed by atoms with Crippen molar-refractivity contribution in [3.63, 3.8) is 0 Å². The average molecular weight is 430 g/mol. The zero-order valence-corrected chi connectivity index (χ0v) is 16.9. The molecular weight excluding hydrogens is 410 g/mol. The first-order valence-electron chi connectivity index (χ1n) is 9.31. The lowest BCUT2D eigenvalue weighted by Gasteiger charge is -2.18. The Kier molecular flexibility index (Phi) is 5.40. The smallest absolute Gasteiger partial charge is 0.333 e. The lowest BCUT2D eigenvalue weighted by molar-refractivity contribution is 0.0541. The van der Waals surface area contributed by atoms with Gasteiger partial charge in [-0.25, -0.2) is 17.8 Å². The lowest BCUT2D eigenvalue weighted by Crippen LogP contribution is -2.29. The Morgan fingerprint density at radius 1 is 1.10 bits per heavy atom. The molecule has 30 heavy (non-hydrogen) atoms. The molecule has 4 aromatic rings. The Morgan fingerprint density at radius 3 is 2.50 bits per heavy atom. The summed E-state index contributed by atoms with van der Waals surface area (Å²) in [5.74, 6) is -0.275. The van der Waals surface area contributed by atoms with Gasteiger partial charge in [0, 0.05) is 29.6 Å². The molecule has 0 saturated carbocycles. The molecular formula is C21H20F2N4O2S. The summed E-state index contributed by atoms with van der Waals surface area (Å²) in [6.07, 6.45) is 2.82. The van der Waals surface area contributed by atoms with E-state index in [-0.39, 0.29) is 23.1 Å². The molecule has 6 nitrogen and oxygen atoms in total. The molecule has 2 heterocycles. The highest BCUT2D eigenvalue weighted by Gasteiger charge is 2.26. The van der Waals surface area contributed by atoms with Crippen molar-refractivity contribution in [3.8, 4) is 0 Å². The second-order valence-electron chi connectivity index (χ2n) is 6.92. The number of H-pyrrole nitrogens is 1. The molecule has 2 aromatic heterocycles. The van der Waals surface area contributed by atoms with Gasteiger partial charge in [0.2, 0.25) is 10.0 Å². The number of halogens is 2. The van der Waals surface area contributed by atoms with E-state index in [1.807, 2.05) is 60.8 Å². The van der Waals surface area contributed by atoms with Gasteiger partial charge in [0.05, 0.1) is 11.9 Å². The summed E-state index contributed by atoms with van der Waals surface area (Å²) >= 11 is 0. The number of rotatable bonds is 7. The van der Waals surface area contributed by atoms with Crippen molar-refractivity contribution >= 4 is 20.9 Å². The van der Waals surface area contributed by atoms with E-state index in [1.165, 1.54) is 6.92 Å². The molecule has 2 aromatic carbocycles. The van der Waals surface area contributed by atoms with Crippen molar-refractivity contribution in [1.29, 1.82) is 0 Å². The summed E-state index contributed by atoms with van der Waals surface area (Å²) in [7, 11) is -4.03. The summed E-state index contributed by atoms with van der Waals surface area (Å²) in [5, 5.41) is 4.49. The van der Waals surface area contributed by atoms with E-state index in [4.69, 9.17) is 0 Å². The number of nitrogens with one attached hydrogen (secondary N) is 2. The van der Waals surface area contributed by atoms with Crippen molar-refractivity contribution in [3.05, 3.63) is 83.8 Å². The van der Waals surface area contributed by atoms with Crippen LogP contribution in [0.4, 0.5) is 8.78 Å². The van der Waals surface area contributed by atoms with E-state index < -0.39 is 16.6 Å². The molecule has 0 fully saturated rings. The minimum atomic E-state index is -4.03. The number of fused-ring (bicyclic) bond motifs is 1. The van der Waals surface area contributed by atoms with E-state index in [2.05, 4.69) is 14.8 Å². The van der Waals surface area contributed by atoms with Gasteiger partial charge in [0.25, 0.3) is 0 Å². The van der Waals surface area contributed by atoms with Crippen LogP contribution in [0, 0.1) is 6.92 Å². The molecule has 1 unspecified atom stereocenters. The zero-order valence-electron chi connectivity index (χ0n) is 16.1. The Bertz CT molecular complexity index is 1270. The molecule has 9 heteroatoms. The van der Waals surface area contributed by atoms with E-state index in [1.54, 1.807) is 0 Å². The molecule has 0 aliphatic rings. The summed E-state index contributed by atoms with van der Waals surface area (Å²) in [6, 6.07) is 17.3. The zero-order chi connectivity index (χ0) is 21.3. The van der Waals surface area contributed by atoms with Crippen molar-refractivity contribution < 1.29 is 17.2 Å². The molecule has 1 atom stereocenters. The van der Waals surface area contributed by atoms with Crippen LogP contribution in [0.5, 0.6) is 0 Å². The maximum Gasteiger partial charge on any atom is 0.333 e. The van der Waals surface area contributed by atoms with Crippen LogP contribution in [-0.2, 0) is 10.0 Å². The SMILES string of the molecule is Cc1c(S(=O)(=O)NCC(c2ccccc2)c2c[nH]c3ccccc23)cnn1C(F)F. The maximum atomic E-state index is 13.0. The van der Waals surface area contributed by atoms with Gasteiger partial charge in [-0.05, 0) is 24.1 Å². The molecule has 0 amide bonds. The third-order valence-electron chi connectivity index (χ3n) is 5.15. The molecule has 0 radical (unpaired) electrons. The number of sulfonamides is 1. The number of hydrogen-bond donors (Lipinski definition) is 2. The van der Waals surface area contributed by atoms with E-state index in [9.17, 15) is 17.2 Å². The first kappa shape index (κ1) is 20.2. The van der Waals surface area contributed by atoms with Gasteiger partial charge in [-0.15, -0.1) is 0 Å². The standard InChI is InChI=1S/C21H20F2N4O2S/c1-14-20(13-25-27(14)21(22)23)30(28,29)26-12-17(15-7-3-2-4-8-15)18-11-24-19-10-6-5-9-16(18)19/h2-11,13,17,21,24,26H,12H2,1H3. The first-order valence-corrected chi connectivity index (χ1v) is 10.8. The van der Waals surface area contributed by atoms with E-state index in [0.717, 1.165) is 28.2 Å². The number of alkyl halides is 2. The van der Waals surface area contributed by atoms with Crippen molar-refractivity contribution in [2.45, 2.75) is 24.3 Å². The van der Waals surface area contributed by atoms with Crippen LogP contribution in [0.1, 0.15) is 29.3 Å². The predicted molar refractivity (Wildman–Crippen MR) is 110 cm³/mol. The molecule has 156 valence electrons. The average Bonchev–Trinajstić information content (AvgIpc) is 3.33. The number of aromatic nitrogens is 3. The van der Waals surface area contributed by atoms with E-state index in [0.29, 0.717) is 4.68 Å². The predicted octanol–water partition coefficient (Wildman–Crippen LogP) is 4.18. The maximum absolute atomic E-state index is 13.0. The van der Waals surface area contributed by atoms with Crippen molar-refractivity contribution in [2.24, 2.45) is 0 Å². The monoisotopic (exact) mass is 430 g/mol. The second kappa shape index (κ2) is 8.00. The van der Waals surface area contributed by atoms with Crippen LogP contribution in [0.15, 0.2) is 71.9 Å². The molecule has 4 rings (SSSR count). The number of para-hydroxylation sites is 1. The fourth-order valence-electron chi connectivity index (χ4n) is 3.61. The second-order valence-corrected chi connectivity index (χ2v) is 8.66. The largest absolute Gasteiger partial charge is 0.361 e.